The Bertz CT molecular complexity index is 733. The van der Waals surface area contributed by atoms with E-state index in [4.69, 9.17) is 0 Å². The lowest BCUT2D eigenvalue weighted by Gasteiger charge is -2.06. The van der Waals surface area contributed by atoms with Crippen molar-refractivity contribution in [3.8, 4) is 11.4 Å². The predicted octanol–water partition coefficient (Wildman–Crippen LogP) is 10.5. The van der Waals surface area contributed by atoms with Gasteiger partial charge in [0.2, 0.25) is 0 Å². The molecule has 0 aliphatic carbocycles. The molecule has 2 nitrogen and oxygen atoms in total. The van der Waals surface area contributed by atoms with Crippen molar-refractivity contribution in [1.29, 1.82) is 0 Å². The molecule has 2 heteroatoms. The molecule has 35 heavy (non-hydrogen) atoms. The maximum atomic E-state index is 4.65. The zero-order valence-corrected chi connectivity index (χ0v) is 23.4. The van der Waals surface area contributed by atoms with E-state index in [0.717, 1.165) is 23.7 Å². The molecule has 0 saturated heterocycles. The van der Waals surface area contributed by atoms with Gasteiger partial charge in [-0.3, -0.25) is 0 Å². The molecule has 0 bridgehead atoms. The Labute approximate surface area is 217 Å². The van der Waals surface area contributed by atoms with Gasteiger partial charge in [-0.2, -0.15) is 0 Å². The van der Waals surface area contributed by atoms with E-state index in [1.807, 2.05) is 12.4 Å². The van der Waals surface area contributed by atoms with Gasteiger partial charge in [0, 0.05) is 18.0 Å². The van der Waals surface area contributed by atoms with Crippen LogP contribution in [-0.4, -0.2) is 9.97 Å². The van der Waals surface area contributed by atoms with E-state index in [2.05, 4.69) is 55.0 Å². The third kappa shape index (κ3) is 14.5. The third-order valence-corrected chi connectivity index (χ3v) is 7.23. The van der Waals surface area contributed by atoms with E-state index < -0.39 is 0 Å². The molecule has 0 atom stereocenters. The second kappa shape index (κ2) is 19.5. The third-order valence-electron chi connectivity index (χ3n) is 7.23. The van der Waals surface area contributed by atoms with Gasteiger partial charge in [-0.1, -0.05) is 141 Å². The second-order valence-electron chi connectivity index (χ2n) is 11.1. The van der Waals surface area contributed by atoms with Crippen molar-refractivity contribution in [2.45, 2.75) is 143 Å². The first kappa shape index (κ1) is 29.5. The maximum Gasteiger partial charge on any atom is 0.159 e. The Morgan fingerprint density at radius 3 is 1.51 bits per heavy atom. The average molecular weight is 479 g/mol. The molecule has 2 rings (SSSR count). The van der Waals surface area contributed by atoms with Crippen LogP contribution in [-0.2, 0) is 12.8 Å². The van der Waals surface area contributed by atoms with Crippen molar-refractivity contribution in [3.05, 3.63) is 47.8 Å². The van der Waals surface area contributed by atoms with Crippen LogP contribution in [0.2, 0.25) is 0 Å². The van der Waals surface area contributed by atoms with Crippen LogP contribution in [0.5, 0.6) is 0 Å². The van der Waals surface area contributed by atoms with Crippen LogP contribution >= 0.6 is 0 Å². The largest absolute Gasteiger partial charge is 0.236 e. The predicted molar refractivity (Wildman–Crippen MR) is 154 cm³/mol. The Morgan fingerprint density at radius 2 is 1.00 bits per heavy atom. The number of hydrogen-bond acceptors (Lipinski definition) is 2. The summed E-state index contributed by atoms with van der Waals surface area (Å²) in [6.07, 6.45) is 29.8. The zero-order valence-electron chi connectivity index (χ0n) is 23.4. The van der Waals surface area contributed by atoms with Crippen molar-refractivity contribution in [2.75, 3.05) is 0 Å². The van der Waals surface area contributed by atoms with E-state index in [1.165, 1.54) is 127 Å². The molecule has 196 valence electrons. The van der Waals surface area contributed by atoms with E-state index in [-0.39, 0.29) is 0 Å². The molecule has 1 aromatic heterocycles. The number of rotatable bonds is 21. The van der Waals surface area contributed by atoms with Crippen LogP contribution in [0.1, 0.15) is 141 Å². The van der Waals surface area contributed by atoms with Gasteiger partial charge in [0.05, 0.1) is 0 Å². The van der Waals surface area contributed by atoms with Gasteiger partial charge < -0.3 is 0 Å². The highest BCUT2D eigenvalue weighted by Gasteiger charge is 2.03. The summed E-state index contributed by atoms with van der Waals surface area (Å²) in [7, 11) is 0. The van der Waals surface area contributed by atoms with Crippen molar-refractivity contribution >= 4 is 0 Å². The lowest BCUT2D eigenvalue weighted by Crippen LogP contribution is -1.94. The summed E-state index contributed by atoms with van der Waals surface area (Å²) < 4.78 is 0. The minimum atomic E-state index is 0.852. The van der Waals surface area contributed by atoms with E-state index >= 15 is 0 Å². The summed E-state index contributed by atoms with van der Waals surface area (Å²) in [5.74, 6) is 1.71. The topological polar surface area (TPSA) is 25.8 Å². The summed E-state index contributed by atoms with van der Waals surface area (Å²) in [6, 6.07) is 8.91. The van der Waals surface area contributed by atoms with Gasteiger partial charge in [0.15, 0.2) is 5.82 Å². The Morgan fingerprint density at radius 1 is 0.543 bits per heavy atom. The SMILES string of the molecule is CCCCCCCCCCCCc1cnc(-c2ccc(CCCCCCCCC(C)C)cc2)nc1. The van der Waals surface area contributed by atoms with Gasteiger partial charge in [-0.05, 0) is 42.7 Å². The first-order valence-corrected chi connectivity index (χ1v) is 15.1. The molecule has 0 spiro atoms. The molecule has 0 aliphatic heterocycles. The fourth-order valence-electron chi connectivity index (χ4n) is 4.86. The van der Waals surface area contributed by atoms with Crippen molar-refractivity contribution in [1.82, 2.24) is 9.97 Å². The number of unbranched alkanes of at least 4 members (excludes halogenated alkanes) is 14. The van der Waals surface area contributed by atoms with Crippen molar-refractivity contribution in [3.63, 3.8) is 0 Å². The molecule has 1 heterocycles. The number of aromatic nitrogens is 2. The summed E-state index contributed by atoms with van der Waals surface area (Å²) in [6.45, 7) is 6.94. The minimum Gasteiger partial charge on any atom is -0.236 e. The molecule has 0 unspecified atom stereocenters. The highest BCUT2D eigenvalue weighted by atomic mass is 14.9. The molecule has 1 aromatic carbocycles. The fraction of sp³-hybridized carbons (Fsp3) is 0.697. The van der Waals surface area contributed by atoms with Gasteiger partial charge in [-0.15, -0.1) is 0 Å². The monoisotopic (exact) mass is 478 g/mol. The molecule has 0 aliphatic rings. The van der Waals surface area contributed by atoms with Gasteiger partial charge in [0.1, 0.15) is 0 Å². The molecular formula is C33H54N2. The summed E-state index contributed by atoms with van der Waals surface area (Å²) >= 11 is 0. The molecule has 0 amide bonds. The average Bonchev–Trinajstić information content (AvgIpc) is 2.87. The molecule has 0 radical (unpaired) electrons. The van der Waals surface area contributed by atoms with Gasteiger partial charge >= 0.3 is 0 Å². The fourth-order valence-corrected chi connectivity index (χ4v) is 4.86. The Balaban J connectivity index is 1.56. The van der Waals surface area contributed by atoms with Crippen LogP contribution in [0.4, 0.5) is 0 Å². The van der Waals surface area contributed by atoms with Gasteiger partial charge in [0.25, 0.3) is 0 Å². The number of aryl methyl sites for hydroxylation is 2. The van der Waals surface area contributed by atoms with Crippen LogP contribution in [0.25, 0.3) is 11.4 Å². The minimum absolute atomic E-state index is 0.852. The smallest absolute Gasteiger partial charge is 0.159 e. The van der Waals surface area contributed by atoms with Crippen LogP contribution < -0.4 is 0 Å². The van der Waals surface area contributed by atoms with Crippen LogP contribution in [0.15, 0.2) is 36.7 Å². The lowest BCUT2D eigenvalue weighted by molar-refractivity contribution is 0.511. The number of benzene rings is 1. The molecule has 0 fully saturated rings. The van der Waals surface area contributed by atoms with Crippen LogP contribution in [0.3, 0.4) is 0 Å². The summed E-state index contributed by atoms with van der Waals surface area (Å²) in [5.41, 5.74) is 3.84. The van der Waals surface area contributed by atoms with Crippen molar-refractivity contribution in [2.24, 2.45) is 5.92 Å². The second-order valence-corrected chi connectivity index (χ2v) is 11.1. The normalized spacial score (nSPS) is 11.4. The molecule has 0 saturated carbocycles. The van der Waals surface area contributed by atoms with E-state index in [9.17, 15) is 0 Å². The Hall–Kier alpha value is -1.70. The number of nitrogens with zero attached hydrogens (tertiary/aromatic N) is 2. The molecule has 2 aromatic rings. The van der Waals surface area contributed by atoms with E-state index in [1.54, 1.807) is 0 Å². The Kier molecular flexibility index (Phi) is 16.4. The molecular weight excluding hydrogens is 424 g/mol. The molecule has 0 N–H and O–H groups in total. The highest BCUT2D eigenvalue weighted by molar-refractivity contribution is 5.55. The lowest BCUT2D eigenvalue weighted by atomic mass is 10.0. The van der Waals surface area contributed by atoms with Crippen LogP contribution in [0, 0.1) is 5.92 Å². The first-order valence-electron chi connectivity index (χ1n) is 15.1. The maximum absolute atomic E-state index is 4.65. The highest BCUT2D eigenvalue weighted by Crippen LogP contribution is 2.18. The summed E-state index contributed by atoms with van der Waals surface area (Å²) in [5, 5.41) is 0. The first-order chi connectivity index (χ1) is 17.2. The van der Waals surface area contributed by atoms with Crippen molar-refractivity contribution < 1.29 is 0 Å². The van der Waals surface area contributed by atoms with E-state index in [0.29, 0.717) is 0 Å². The quantitative estimate of drug-likeness (QED) is 0.167. The summed E-state index contributed by atoms with van der Waals surface area (Å²) in [4.78, 5) is 9.31. The van der Waals surface area contributed by atoms with Gasteiger partial charge in [-0.25, -0.2) is 9.97 Å². The standard InChI is InChI=1S/C33H54N2/c1-4-5-6-7-8-9-10-11-16-19-22-31-27-34-33(35-28-31)32-25-23-30(24-26-32)21-18-15-13-12-14-17-20-29(2)3/h23-29H,4-22H2,1-3H3. The number of hydrogen-bond donors (Lipinski definition) is 0. The zero-order chi connectivity index (χ0) is 25.0.